The molecule has 5 heterocycles. The number of nitrogens with two attached hydrogens (primary N) is 1. The van der Waals surface area contributed by atoms with E-state index in [0.29, 0.717) is 35.7 Å². The van der Waals surface area contributed by atoms with Gasteiger partial charge in [0.2, 0.25) is 5.91 Å². The van der Waals surface area contributed by atoms with Crippen LogP contribution in [0.2, 0.25) is 0 Å². The van der Waals surface area contributed by atoms with Crippen LogP contribution in [0.4, 0.5) is 0 Å². The molecule has 7 rings (SSSR count). The summed E-state index contributed by atoms with van der Waals surface area (Å²) < 4.78 is 12.4. The van der Waals surface area contributed by atoms with E-state index in [1.54, 1.807) is 17.6 Å². The Morgan fingerprint density at radius 3 is 2.64 bits per heavy atom. The van der Waals surface area contributed by atoms with Crippen LogP contribution in [0, 0.1) is 6.92 Å². The average molecular weight is 606 g/mol. The molecule has 0 spiro atoms. The Hall–Kier alpha value is -4.97. The minimum Gasteiger partial charge on any atom is -0.458 e. The summed E-state index contributed by atoms with van der Waals surface area (Å²) in [6.07, 6.45) is 1.93. The van der Waals surface area contributed by atoms with E-state index in [0.717, 1.165) is 49.6 Å². The zero-order chi connectivity index (χ0) is 31.5. The maximum atomic E-state index is 13.6. The number of hydrogen-bond acceptors (Lipinski definition) is 9. The normalized spacial score (nSPS) is 16.8. The molecule has 228 valence electrons. The molecular formula is C34H31N5O6. The smallest absolute Gasteiger partial charge is 0.343 e. The number of carbonyl (C=O) groups is 2. The van der Waals surface area contributed by atoms with Crippen LogP contribution in [0.5, 0.6) is 0 Å². The summed E-state index contributed by atoms with van der Waals surface area (Å²) >= 11 is 0. The van der Waals surface area contributed by atoms with Gasteiger partial charge in [0.25, 0.3) is 5.56 Å². The minimum atomic E-state index is -1.87. The number of aryl methyl sites for hydroxylation is 1. The zero-order valence-electron chi connectivity index (χ0n) is 24.8. The lowest BCUT2D eigenvalue weighted by molar-refractivity contribution is -0.172. The molecule has 11 nitrogen and oxygen atoms in total. The van der Waals surface area contributed by atoms with Gasteiger partial charge in [-0.3, -0.25) is 14.6 Å². The monoisotopic (exact) mass is 605 g/mol. The fourth-order valence-electron chi connectivity index (χ4n) is 6.33. The van der Waals surface area contributed by atoms with E-state index in [1.165, 1.54) is 0 Å². The molecule has 0 saturated heterocycles. The third-order valence-electron chi connectivity index (χ3n) is 8.90. The number of aromatic nitrogens is 3. The van der Waals surface area contributed by atoms with Crippen LogP contribution < -0.4 is 16.6 Å². The summed E-state index contributed by atoms with van der Waals surface area (Å²) in [5, 5.41) is 15.7. The second-order valence-electron chi connectivity index (χ2n) is 11.4. The Kier molecular flexibility index (Phi) is 6.96. The highest BCUT2D eigenvalue weighted by atomic mass is 16.6. The average Bonchev–Trinajstić information content (AvgIpc) is 3.44. The largest absolute Gasteiger partial charge is 0.458 e. The zero-order valence-corrected chi connectivity index (χ0v) is 24.8. The number of esters is 1. The van der Waals surface area contributed by atoms with Crippen LogP contribution in [0.3, 0.4) is 0 Å². The van der Waals surface area contributed by atoms with Crippen molar-refractivity contribution < 1.29 is 24.2 Å². The number of aliphatic hydroxyl groups is 1. The van der Waals surface area contributed by atoms with Crippen molar-refractivity contribution in [3.05, 3.63) is 92.9 Å². The van der Waals surface area contributed by atoms with E-state index in [2.05, 4.69) is 11.4 Å². The van der Waals surface area contributed by atoms with Crippen molar-refractivity contribution in [2.24, 2.45) is 5.73 Å². The number of rotatable bonds is 7. The lowest BCUT2D eigenvalue weighted by atomic mass is 9.86. The molecule has 3 aromatic heterocycles. The second kappa shape index (κ2) is 10.9. The van der Waals surface area contributed by atoms with Gasteiger partial charge in [0.15, 0.2) is 5.60 Å². The highest BCUT2D eigenvalue weighted by Gasteiger charge is 2.45. The van der Waals surface area contributed by atoms with Crippen LogP contribution in [0.15, 0.2) is 59.5 Å². The first kappa shape index (κ1) is 28.8. The molecule has 11 heteroatoms. The fraction of sp³-hybridized carbons (Fsp3) is 0.265. The summed E-state index contributed by atoms with van der Waals surface area (Å²) in [5.74, 6) is -1.01. The van der Waals surface area contributed by atoms with Gasteiger partial charge in [-0.15, -0.1) is 0 Å². The number of amides is 1. The molecule has 0 fully saturated rings. The number of nitrogens with zero attached hydrogens (tertiary/aromatic N) is 3. The molecule has 2 aromatic carbocycles. The molecule has 0 bridgehead atoms. The maximum Gasteiger partial charge on any atom is 0.343 e. The van der Waals surface area contributed by atoms with Crippen molar-refractivity contribution >= 4 is 33.7 Å². The minimum absolute atomic E-state index is 0.0795. The summed E-state index contributed by atoms with van der Waals surface area (Å²) in [6, 6.07) is 15.7. The summed E-state index contributed by atoms with van der Waals surface area (Å²) in [4.78, 5) is 47.2. The van der Waals surface area contributed by atoms with Gasteiger partial charge in [-0.25, -0.2) is 9.78 Å². The molecule has 5 aromatic rings. The van der Waals surface area contributed by atoms with Crippen molar-refractivity contribution in [3.63, 3.8) is 0 Å². The topological polar surface area (TPSA) is 159 Å². The fourth-order valence-corrected chi connectivity index (χ4v) is 6.33. The Morgan fingerprint density at radius 1 is 1.11 bits per heavy atom. The second-order valence-corrected chi connectivity index (χ2v) is 11.4. The molecule has 2 aliphatic heterocycles. The molecule has 0 unspecified atom stereocenters. The predicted molar refractivity (Wildman–Crippen MR) is 167 cm³/mol. The molecule has 0 radical (unpaired) electrons. The van der Waals surface area contributed by atoms with Gasteiger partial charge in [-0.2, -0.15) is 0 Å². The third kappa shape index (κ3) is 4.59. The predicted octanol–water partition coefficient (Wildman–Crippen LogP) is 3.15. The number of carbonyl (C=O) groups excluding carboxylic acids is 2. The number of cyclic esters (lactones) is 1. The van der Waals surface area contributed by atoms with E-state index < -0.39 is 11.6 Å². The van der Waals surface area contributed by atoms with Gasteiger partial charge < -0.3 is 30.2 Å². The van der Waals surface area contributed by atoms with Crippen molar-refractivity contribution in [3.8, 4) is 22.5 Å². The summed E-state index contributed by atoms with van der Waals surface area (Å²) in [6.45, 7) is 4.24. The van der Waals surface area contributed by atoms with Crippen molar-refractivity contribution in [2.45, 2.75) is 45.6 Å². The van der Waals surface area contributed by atoms with Crippen LogP contribution in [-0.4, -0.2) is 44.8 Å². The number of pyridine rings is 3. The first-order valence-corrected chi connectivity index (χ1v) is 14.8. The van der Waals surface area contributed by atoms with Crippen molar-refractivity contribution in [1.82, 2.24) is 19.9 Å². The van der Waals surface area contributed by atoms with E-state index in [4.69, 9.17) is 25.2 Å². The van der Waals surface area contributed by atoms with E-state index in [9.17, 15) is 19.5 Å². The Labute approximate surface area is 257 Å². The van der Waals surface area contributed by atoms with Crippen LogP contribution in [-0.2, 0) is 44.4 Å². The lowest BCUT2D eigenvalue weighted by Gasteiger charge is -2.31. The molecule has 4 N–H and O–H groups in total. The summed E-state index contributed by atoms with van der Waals surface area (Å²) in [5.41, 5.74) is 11.4. The number of fused-ring (bicyclic) bond motifs is 7. The van der Waals surface area contributed by atoms with E-state index in [-0.39, 0.29) is 37.8 Å². The van der Waals surface area contributed by atoms with Crippen LogP contribution >= 0.6 is 0 Å². The molecule has 1 atom stereocenters. The number of ether oxygens (including phenoxy) is 2. The van der Waals surface area contributed by atoms with E-state index >= 15 is 0 Å². The maximum absolute atomic E-state index is 13.6. The molecular weight excluding hydrogens is 574 g/mol. The van der Waals surface area contributed by atoms with Crippen molar-refractivity contribution in [2.75, 3.05) is 13.3 Å². The molecule has 45 heavy (non-hydrogen) atoms. The Morgan fingerprint density at radius 2 is 1.89 bits per heavy atom. The molecule has 2 aliphatic rings. The van der Waals surface area contributed by atoms with Crippen LogP contribution in [0.1, 0.15) is 41.2 Å². The first-order valence-electron chi connectivity index (χ1n) is 14.8. The summed E-state index contributed by atoms with van der Waals surface area (Å²) in [7, 11) is 0. The van der Waals surface area contributed by atoms with E-state index in [1.807, 2.05) is 49.5 Å². The number of benzene rings is 2. The number of hydrogen-bond donors (Lipinski definition) is 3. The SMILES string of the molecule is CC[C@@]1(O)C(=O)OCc2c1cc1n(c2=O)Cc2c-1nc1ccc3ncc(-c4ccc(COCNC(=O)CN)cc4)cc3c1c2C. The van der Waals surface area contributed by atoms with Gasteiger partial charge in [-0.05, 0) is 54.3 Å². The van der Waals surface area contributed by atoms with Gasteiger partial charge in [0.05, 0.1) is 47.7 Å². The quantitative estimate of drug-likeness (QED) is 0.108. The lowest BCUT2D eigenvalue weighted by Crippen LogP contribution is -2.44. The first-order chi connectivity index (χ1) is 21.7. The third-order valence-corrected chi connectivity index (χ3v) is 8.90. The Balaban J connectivity index is 1.26. The van der Waals surface area contributed by atoms with Gasteiger partial charge >= 0.3 is 5.97 Å². The highest BCUT2D eigenvalue weighted by Crippen LogP contribution is 2.41. The number of nitrogens with one attached hydrogen (secondary N) is 1. The standard InChI is InChI=1S/C34H31N5O6/c1-3-34(43)25-11-28-31-23(14-39(28)32(41)24(25)16-45-33(34)42)18(2)30-22-10-21(13-36-26(22)8-9-27(30)38-31)20-6-4-19(5-7-20)15-44-17-37-29(40)12-35/h4-11,13,43H,3,12,14-17,35H2,1-2H3,(H,37,40)/t34-/m0/s1. The van der Waals surface area contributed by atoms with Crippen LogP contribution in [0.25, 0.3) is 44.3 Å². The molecule has 1 amide bonds. The Bertz CT molecular complexity index is 2110. The van der Waals surface area contributed by atoms with Gasteiger partial charge in [0.1, 0.15) is 13.3 Å². The van der Waals surface area contributed by atoms with Crippen molar-refractivity contribution in [1.29, 1.82) is 0 Å². The van der Waals surface area contributed by atoms with Gasteiger partial charge in [-0.1, -0.05) is 31.2 Å². The molecule has 0 aliphatic carbocycles. The highest BCUT2D eigenvalue weighted by molar-refractivity contribution is 6.09. The van der Waals surface area contributed by atoms with Gasteiger partial charge in [0, 0.05) is 33.7 Å². The molecule has 0 saturated carbocycles.